The fraction of sp³-hybridized carbons (Fsp3) is 0.619. The van der Waals surface area contributed by atoms with Crippen molar-refractivity contribution < 1.29 is 8.78 Å². The second-order valence-electron chi connectivity index (χ2n) is 8.79. The van der Waals surface area contributed by atoms with Gasteiger partial charge in [0.25, 0.3) is 5.56 Å². The lowest BCUT2D eigenvalue weighted by Gasteiger charge is -2.47. The molecular formula is C21H26F2N4O. The van der Waals surface area contributed by atoms with Crippen LogP contribution in [0.2, 0.25) is 0 Å². The largest absolute Gasteiger partial charge is 0.334 e. The van der Waals surface area contributed by atoms with Crippen molar-refractivity contribution in [2.24, 2.45) is 13.0 Å². The molecule has 5 nitrogen and oxygen atoms in total. The topological polar surface area (TPSA) is 43.1 Å². The van der Waals surface area contributed by atoms with Crippen LogP contribution in [0.15, 0.2) is 29.3 Å². The molecular weight excluding hydrogens is 362 g/mol. The number of pyridine rings is 1. The van der Waals surface area contributed by atoms with E-state index in [-0.39, 0.29) is 24.4 Å². The zero-order valence-corrected chi connectivity index (χ0v) is 16.2. The molecule has 0 unspecified atom stereocenters. The predicted octanol–water partition coefficient (Wildman–Crippen LogP) is 3.25. The summed E-state index contributed by atoms with van der Waals surface area (Å²) in [7, 11) is 1.90. The maximum absolute atomic E-state index is 13.5. The van der Waals surface area contributed by atoms with E-state index in [1.807, 2.05) is 28.4 Å². The fourth-order valence-corrected chi connectivity index (χ4v) is 5.47. The lowest BCUT2D eigenvalue weighted by atomic mass is 9.80. The standard InChI is InChI=1S/C21H26F2N4O/c1-25-9-8-24-19(25)17-2-3-18-15-10-14(12-27(18)20(17)28)11-26(13-15)16-4-6-21(22,23)7-5-16/h2-3,8-9,14-16H,4-7,10-13H2,1H3/t14-,15+/m0/s1. The van der Waals surface area contributed by atoms with Crippen LogP contribution < -0.4 is 5.56 Å². The van der Waals surface area contributed by atoms with Crippen molar-refractivity contribution in [1.82, 2.24) is 19.0 Å². The first-order chi connectivity index (χ1) is 13.4. The third kappa shape index (κ3) is 3.00. The zero-order valence-electron chi connectivity index (χ0n) is 16.2. The van der Waals surface area contributed by atoms with Gasteiger partial charge in [-0.3, -0.25) is 9.69 Å². The number of hydrogen-bond acceptors (Lipinski definition) is 3. The highest BCUT2D eigenvalue weighted by molar-refractivity contribution is 5.54. The molecule has 4 heterocycles. The van der Waals surface area contributed by atoms with E-state index in [1.54, 1.807) is 6.20 Å². The molecule has 1 aliphatic carbocycles. The summed E-state index contributed by atoms with van der Waals surface area (Å²) in [6, 6.07) is 4.23. The molecule has 2 aromatic heterocycles. The van der Waals surface area contributed by atoms with E-state index in [1.165, 1.54) is 0 Å². The van der Waals surface area contributed by atoms with Crippen LogP contribution in [-0.4, -0.2) is 44.1 Å². The summed E-state index contributed by atoms with van der Waals surface area (Å²) in [5.41, 5.74) is 1.76. The highest BCUT2D eigenvalue weighted by Crippen LogP contribution is 2.40. The normalized spacial score (nSPS) is 27.5. The van der Waals surface area contributed by atoms with Crippen molar-refractivity contribution in [3.63, 3.8) is 0 Å². The first-order valence-electron chi connectivity index (χ1n) is 10.2. The van der Waals surface area contributed by atoms with Gasteiger partial charge in [-0.1, -0.05) is 0 Å². The Kier molecular flexibility index (Phi) is 4.19. The van der Waals surface area contributed by atoms with Gasteiger partial charge in [-0.2, -0.15) is 0 Å². The first kappa shape index (κ1) is 18.0. The number of imidazole rings is 1. The molecule has 2 atom stereocenters. The molecule has 28 heavy (non-hydrogen) atoms. The quantitative estimate of drug-likeness (QED) is 0.793. The lowest BCUT2D eigenvalue weighted by molar-refractivity contribution is -0.0602. The molecule has 0 spiro atoms. The van der Waals surface area contributed by atoms with Gasteiger partial charge in [0, 0.05) is 69.6 Å². The molecule has 0 radical (unpaired) electrons. The van der Waals surface area contributed by atoms with Crippen molar-refractivity contribution >= 4 is 0 Å². The van der Waals surface area contributed by atoms with Gasteiger partial charge in [0.2, 0.25) is 5.92 Å². The molecule has 5 rings (SSSR count). The Morgan fingerprint density at radius 3 is 2.64 bits per heavy atom. The molecule has 2 fully saturated rings. The van der Waals surface area contributed by atoms with Gasteiger partial charge in [0.1, 0.15) is 5.82 Å². The number of halogens is 2. The Morgan fingerprint density at radius 1 is 1.14 bits per heavy atom. The summed E-state index contributed by atoms with van der Waals surface area (Å²) < 4.78 is 30.9. The van der Waals surface area contributed by atoms with E-state index >= 15 is 0 Å². The Labute approximate surface area is 163 Å². The number of fused-ring (bicyclic) bond motifs is 4. The Balaban J connectivity index is 1.41. The van der Waals surface area contributed by atoms with Crippen molar-refractivity contribution in [3.8, 4) is 11.4 Å². The van der Waals surface area contributed by atoms with Gasteiger partial charge in [-0.05, 0) is 37.3 Å². The van der Waals surface area contributed by atoms with Crippen molar-refractivity contribution in [2.45, 2.75) is 56.5 Å². The summed E-state index contributed by atoms with van der Waals surface area (Å²) in [4.78, 5) is 19.9. The van der Waals surface area contributed by atoms with Crippen LogP contribution in [0.1, 0.15) is 43.7 Å². The van der Waals surface area contributed by atoms with Crippen molar-refractivity contribution in [1.29, 1.82) is 0 Å². The number of nitrogens with zero attached hydrogens (tertiary/aromatic N) is 4. The van der Waals surface area contributed by atoms with E-state index in [2.05, 4.69) is 16.0 Å². The van der Waals surface area contributed by atoms with Crippen molar-refractivity contribution in [3.05, 3.63) is 40.6 Å². The maximum atomic E-state index is 13.5. The van der Waals surface area contributed by atoms with Gasteiger partial charge >= 0.3 is 0 Å². The highest BCUT2D eigenvalue weighted by atomic mass is 19.3. The second-order valence-corrected chi connectivity index (χ2v) is 8.79. The van der Waals surface area contributed by atoms with Crippen molar-refractivity contribution in [2.75, 3.05) is 13.1 Å². The summed E-state index contributed by atoms with van der Waals surface area (Å²) in [5.74, 6) is -1.08. The molecule has 0 aromatic carbocycles. The van der Waals surface area contributed by atoms with Crippen LogP contribution in [0.3, 0.4) is 0 Å². The highest BCUT2D eigenvalue weighted by Gasteiger charge is 2.41. The minimum Gasteiger partial charge on any atom is -0.334 e. The fourth-order valence-electron chi connectivity index (χ4n) is 5.47. The van der Waals surface area contributed by atoms with E-state index < -0.39 is 5.92 Å². The molecule has 0 amide bonds. The number of aryl methyl sites for hydroxylation is 1. The summed E-state index contributed by atoms with van der Waals surface area (Å²) >= 11 is 0. The van der Waals surface area contributed by atoms with E-state index in [4.69, 9.17) is 0 Å². The lowest BCUT2D eigenvalue weighted by Crippen LogP contribution is -2.52. The molecule has 2 bridgehead atoms. The van der Waals surface area contributed by atoms with E-state index in [9.17, 15) is 13.6 Å². The number of piperidine rings is 1. The van der Waals surface area contributed by atoms with E-state index in [0.29, 0.717) is 42.6 Å². The maximum Gasteiger partial charge on any atom is 0.261 e. The Bertz CT molecular complexity index is 940. The Hall–Kier alpha value is -2.02. The van der Waals surface area contributed by atoms with Crippen LogP contribution >= 0.6 is 0 Å². The predicted molar refractivity (Wildman–Crippen MR) is 103 cm³/mol. The number of alkyl halides is 2. The average molecular weight is 388 g/mol. The molecule has 2 aromatic rings. The van der Waals surface area contributed by atoms with Crippen LogP contribution in [0, 0.1) is 5.92 Å². The molecule has 3 aliphatic rings. The zero-order chi connectivity index (χ0) is 19.5. The van der Waals surface area contributed by atoms with Crippen LogP contribution in [-0.2, 0) is 13.6 Å². The number of aromatic nitrogens is 3. The van der Waals surface area contributed by atoms with Crippen LogP contribution in [0.5, 0.6) is 0 Å². The number of rotatable bonds is 2. The van der Waals surface area contributed by atoms with Crippen LogP contribution in [0.25, 0.3) is 11.4 Å². The average Bonchev–Trinajstić information content (AvgIpc) is 3.08. The van der Waals surface area contributed by atoms with E-state index in [0.717, 1.165) is 25.2 Å². The van der Waals surface area contributed by atoms with Gasteiger partial charge in [-0.25, -0.2) is 13.8 Å². The first-order valence-corrected chi connectivity index (χ1v) is 10.2. The summed E-state index contributed by atoms with van der Waals surface area (Å²) in [6.07, 6.45) is 5.81. The monoisotopic (exact) mass is 388 g/mol. The molecule has 150 valence electrons. The summed E-state index contributed by atoms with van der Waals surface area (Å²) in [5, 5.41) is 0. The molecule has 1 saturated carbocycles. The Morgan fingerprint density at radius 2 is 1.93 bits per heavy atom. The van der Waals surface area contributed by atoms with Gasteiger partial charge in [-0.15, -0.1) is 0 Å². The van der Waals surface area contributed by atoms with Gasteiger partial charge in [0.05, 0.1) is 5.56 Å². The molecule has 1 saturated heterocycles. The molecule has 0 N–H and O–H groups in total. The molecule has 2 aliphatic heterocycles. The third-order valence-corrected chi connectivity index (χ3v) is 6.90. The smallest absolute Gasteiger partial charge is 0.261 e. The summed E-state index contributed by atoms with van der Waals surface area (Å²) in [6.45, 7) is 2.49. The third-order valence-electron chi connectivity index (χ3n) is 6.90. The SMILES string of the molecule is Cn1ccnc1-c1ccc2n(c1=O)C[C@H]1C[C@@H]2CN(C2CCC(F)(F)CC2)C1. The van der Waals surface area contributed by atoms with Gasteiger partial charge < -0.3 is 9.13 Å². The van der Waals surface area contributed by atoms with Gasteiger partial charge in [0.15, 0.2) is 0 Å². The minimum absolute atomic E-state index is 0.00652. The van der Waals surface area contributed by atoms with Crippen LogP contribution in [0.4, 0.5) is 8.78 Å². The molecule has 7 heteroatoms. The number of likely N-dealkylation sites (tertiary alicyclic amines) is 1. The second kappa shape index (κ2) is 6.51. The minimum atomic E-state index is -2.48. The number of hydrogen-bond donors (Lipinski definition) is 0.